The Morgan fingerprint density at radius 1 is 0.653 bits per heavy atom. The van der Waals surface area contributed by atoms with Gasteiger partial charge in [0.2, 0.25) is 53.2 Å². The summed E-state index contributed by atoms with van der Waals surface area (Å²) in [6.45, 7) is 4.18. The third kappa shape index (κ3) is 30.0. The number of nitrogens with zero attached hydrogens (tertiary/aromatic N) is 1. The number of primary amides is 2. The number of phenolic OH excluding ortho intramolecular Hbond substituents is 1. The number of benzene rings is 1. The molecule has 121 heavy (non-hydrogen) atoms. The molecule has 1 aromatic rings. The maximum atomic E-state index is 15.2. The number of allylic oxidation sites excluding steroid dienone is 1. The van der Waals surface area contributed by atoms with Crippen molar-refractivity contribution in [3.63, 3.8) is 0 Å². The number of nitrogens with two attached hydrogens (primary N) is 2. The van der Waals surface area contributed by atoms with Gasteiger partial charge in [0.05, 0.1) is 44.2 Å². The van der Waals surface area contributed by atoms with Gasteiger partial charge < -0.3 is 169 Å². The monoisotopic (exact) mass is 1730 g/mol. The minimum Gasteiger partial charge on any atom is -0.508 e. The number of unbranched alkanes of at least 4 members (excludes halogenated alkanes) is 10. The highest BCUT2D eigenvalue weighted by Crippen LogP contribution is 2.31. The lowest BCUT2D eigenvalue weighted by atomic mass is 9.98. The fourth-order valence-electron chi connectivity index (χ4n) is 13.5. The summed E-state index contributed by atoms with van der Waals surface area (Å²) >= 11 is 0. The number of amides is 11. The number of ether oxygens (including phenoxy) is 7. The molecule has 4 fully saturated rings. The number of aliphatic carboxylic acids is 1. The van der Waals surface area contributed by atoms with Gasteiger partial charge in [0, 0.05) is 19.9 Å². The van der Waals surface area contributed by atoms with Gasteiger partial charge in [-0.3, -0.25) is 52.7 Å². The van der Waals surface area contributed by atoms with Crippen LogP contribution >= 0.6 is 0 Å². The number of hydrogen-bond acceptors (Lipinski definition) is 34. The first kappa shape index (κ1) is 103. The van der Waals surface area contributed by atoms with E-state index < -0.39 is 299 Å². The predicted octanol–water partition coefficient (Wildman–Crippen LogP) is -9.46. The van der Waals surface area contributed by atoms with Crippen LogP contribution in [0.1, 0.15) is 156 Å². The normalized spacial score (nSPS) is 31.4. The number of carbonyl (C=O) groups excluding carboxylic acids is 12. The first-order valence-electron chi connectivity index (χ1n) is 39.8. The van der Waals surface area contributed by atoms with Crippen molar-refractivity contribution in [1.82, 2.24) is 47.4 Å². The van der Waals surface area contributed by atoms with Gasteiger partial charge in [-0.05, 0) is 71.6 Å². The highest BCUT2D eigenvalue weighted by molar-refractivity contribution is 6.03. The van der Waals surface area contributed by atoms with Gasteiger partial charge >= 0.3 is 11.9 Å². The fraction of sp³-hybridized carbons (Fsp3) is 0.720. The second kappa shape index (κ2) is 49.4. The van der Waals surface area contributed by atoms with Crippen molar-refractivity contribution in [3.8, 4) is 5.75 Å². The number of aliphatic hydroxyl groups is 13. The van der Waals surface area contributed by atoms with Crippen LogP contribution < -0.4 is 54.0 Å². The van der Waals surface area contributed by atoms with E-state index in [1.54, 1.807) is 0 Å². The van der Waals surface area contributed by atoms with E-state index in [-0.39, 0.29) is 24.2 Å². The average Bonchev–Trinajstić information content (AvgIpc) is 0.811. The lowest BCUT2D eigenvalue weighted by Crippen LogP contribution is -2.65. The Bertz CT molecular complexity index is 3640. The van der Waals surface area contributed by atoms with Gasteiger partial charge in [0.15, 0.2) is 31.1 Å². The maximum Gasteiger partial charge on any atom is 0.335 e. The highest BCUT2D eigenvalue weighted by atomic mass is 16.7. The number of cyclic esters (lactones) is 1. The van der Waals surface area contributed by atoms with Crippen LogP contribution in [0.3, 0.4) is 0 Å². The smallest absolute Gasteiger partial charge is 0.335 e. The lowest BCUT2D eigenvalue weighted by molar-refractivity contribution is -0.349. The molecule has 0 aromatic heterocycles. The molecule has 27 N–H and O–H groups in total. The molecule has 0 spiro atoms. The van der Waals surface area contributed by atoms with E-state index in [0.717, 1.165) is 116 Å². The SMILES string of the molecule is CC=C1NC(=O)C(C(O)c2ccc(O)cc2)NC(=O)C(C(C)O)NC(=O)C(NC(=O)C(NC(=O)C(O)C(CCCCCCCCCCCCC)OC2OCC(O)C(OC3OC(C(=O)O)C(O)C(O)C3O)C2O)C(C)O)C(C)OC(=O)C(CCC(N)=O)NC(=O)C(C(C)OC2OC(CO)C(O)C(O)C2O)N(C)C(=O)CNC(=O)C(CCC(N)=O)NC1=O. The minimum atomic E-state index is -2.51. The molecule has 11 amide bonds. The van der Waals surface area contributed by atoms with E-state index in [1.165, 1.54) is 6.92 Å². The molecule has 28 atom stereocenters. The number of aromatic hydroxyl groups is 1. The number of rotatable bonds is 36. The number of carboxylic acid groups (broad SMARTS) is 1. The van der Waals surface area contributed by atoms with Crippen molar-refractivity contribution >= 4 is 76.9 Å². The summed E-state index contributed by atoms with van der Waals surface area (Å²) in [6.07, 6.45) is -36.5. The fourth-order valence-corrected chi connectivity index (χ4v) is 13.5. The van der Waals surface area contributed by atoms with Gasteiger partial charge in [-0.2, -0.15) is 0 Å². The van der Waals surface area contributed by atoms with Crippen molar-refractivity contribution < 1.29 is 172 Å². The van der Waals surface area contributed by atoms with E-state index in [4.69, 9.17) is 44.6 Å². The van der Waals surface area contributed by atoms with E-state index in [9.17, 15) is 129 Å². The van der Waals surface area contributed by atoms with Crippen LogP contribution in [0.15, 0.2) is 36.0 Å². The van der Waals surface area contributed by atoms with Crippen molar-refractivity contribution in [3.05, 3.63) is 41.6 Å². The minimum absolute atomic E-state index is 0.171. The van der Waals surface area contributed by atoms with Crippen LogP contribution in [0.2, 0.25) is 0 Å². The number of carboxylic acids is 1. The van der Waals surface area contributed by atoms with E-state index in [0.29, 0.717) is 17.7 Å². The molecule has 4 heterocycles. The first-order valence-corrected chi connectivity index (χ1v) is 39.8. The summed E-state index contributed by atoms with van der Waals surface area (Å²) in [5.41, 5.74) is 9.95. The topological polar surface area (TPSA) is 741 Å². The van der Waals surface area contributed by atoms with Gasteiger partial charge in [-0.15, -0.1) is 0 Å². The van der Waals surface area contributed by atoms with Crippen LogP contribution in [0.4, 0.5) is 0 Å². The summed E-state index contributed by atoms with van der Waals surface area (Å²) in [7, 11) is 0.932. The van der Waals surface area contributed by atoms with E-state index in [2.05, 4.69) is 49.5 Å². The second-order valence-corrected chi connectivity index (χ2v) is 30.1. The Hall–Kier alpha value is -8.89. The van der Waals surface area contributed by atoms with Crippen LogP contribution in [0, 0.1) is 0 Å². The van der Waals surface area contributed by atoms with Crippen LogP contribution in [-0.4, -0.2) is 350 Å². The van der Waals surface area contributed by atoms with Gasteiger partial charge in [0.1, 0.15) is 127 Å². The summed E-state index contributed by atoms with van der Waals surface area (Å²) in [4.78, 5) is 184. The Kier molecular flexibility index (Phi) is 41.9. The van der Waals surface area contributed by atoms with Crippen LogP contribution in [0.5, 0.6) is 5.75 Å². The molecular weight excluding hydrogens is 1610 g/mol. The van der Waals surface area contributed by atoms with E-state index in [1.807, 2.05) is 0 Å². The predicted molar refractivity (Wildman–Crippen MR) is 409 cm³/mol. The molecule has 46 nitrogen and oxygen atoms in total. The number of hydrogen-bond donors (Lipinski definition) is 25. The maximum absolute atomic E-state index is 15.2. The molecule has 1 aromatic carbocycles. The van der Waals surface area contributed by atoms with Gasteiger partial charge in [-0.1, -0.05) is 95.8 Å². The third-order valence-electron chi connectivity index (χ3n) is 20.7. The molecule has 0 saturated carbocycles. The number of carbonyl (C=O) groups is 13. The molecule has 4 aliphatic rings. The second-order valence-electron chi connectivity index (χ2n) is 30.1. The Balaban J connectivity index is 1.62. The van der Waals surface area contributed by atoms with Crippen LogP contribution in [0.25, 0.3) is 0 Å². The molecule has 46 heteroatoms. The van der Waals surface area contributed by atoms with Crippen molar-refractivity contribution in [2.24, 2.45) is 11.5 Å². The molecule has 4 aliphatic heterocycles. The molecule has 0 radical (unpaired) electrons. The highest BCUT2D eigenvalue weighted by Gasteiger charge is 2.53. The number of phenols is 1. The summed E-state index contributed by atoms with van der Waals surface area (Å²) in [6, 6.07) is -11.4. The first-order chi connectivity index (χ1) is 57.0. The van der Waals surface area contributed by atoms with Crippen molar-refractivity contribution in [2.75, 3.05) is 26.8 Å². The zero-order chi connectivity index (χ0) is 90.6. The largest absolute Gasteiger partial charge is 0.508 e. The molecule has 5 rings (SSSR count). The molecule has 0 bridgehead atoms. The summed E-state index contributed by atoms with van der Waals surface area (Å²) in [5, 5.41) is 180. The van der Waals surface area contributed by atoms with Crippen molar-refractivity contribution in [1.29, 1.82) is 0 Å². The standard InChI is InChI=1S/C75H119N11O35/c1-8-10-11-12-13-14-15-16-17-18-19-20-42(118-73-60(103)61(41(91)31-115-73)120-75-59(102)56(99)57(100)62(121-75)71(112)113)54(97)70(111)83-48(33(4)89)65(106)84-49-34(5)116-72(114)40(26-28-45(77)93)81-69(110)51(35(6)117-74-58(101)55(98)53(96)43(30-87)119-74)86(7)46(94)29-78-63(104)39(25-27-44(76)92)80-64(105)38(9-2)79-68(109)50(52(95)36-21-23-37(90)24-22-36)85-66(107)47(32(3)88)82-67(49)108/h9,21-24,32-35,39-43,47-62,73-75,87-91,95-103H,8,10-20,25-31H2,1-7H3,(H2,76,92)(H2,77,93)(H,78,104)(H,79,109)(H,80,105)(H,81,110)(H,82,108)(H,83,111)(H,84,106)(H,85,107)(H,112,113). The molecule has 684 valence electrons. The number of aliphatic hydroxyl groups excluding tert-OH is 13. The summed E-state index contributed by atoms with van der Waals surface area (Å²) in [5.74, 6) is -19.1. The lowest BCUT2D eigenvalue weighted by Gasteiger charge is -2.44. The Labute approximate surface area is 695 Å². The zero-order valence-corrected chi connectivity index (χ0v) is 68.0. The number of nitrogens with one attached hydrogen (secondary N) is 8. The zero-order valence-electron chi connectivity index (χ0n) is 68.0. The third-order valence-corrected chi connectivity index (χ3v) is 20.7. The molecular formula is C75H119N11O35. The van der Waals surface area contributed by atoms with E-state index >= 15 is 9.59 Å². The van der Waals surface area contributed by atoms with Gasteiger partial charge in [-0.25, -0.2) is 9.59 Å². The molecule has 4 saturated heterocycles. The van der Waals surface area contributed by atoms with Crippen molar-refractivity contribution in [2.45, 2.75) is 315 Å². The Morgan fingerprint density at radius 3 is 1.79 bits per heavy atom. The summed E-state index contributed by atoms with van der Waals surface area (Å²) < 4.78 is 39.5. The Morgan fingerprint density at radius 2 is 1.22 bits per heavy atom. The van der Waals surface area contributed by atoms with Gasteiger partial charge in [0.25, 0.3) is 11.8 Å². The molecule has 28 unspecified atom stereocenters. The van der Waals surface area contributed by atoms with Crippen LogP contribution in [-0.2, 0) is 95.5 Å². The number of esters is 1. The number of likely N-dealkylation sites (N-methyl/N-ethyl adjacent to an activating group) is 1. The molecule has 0 aliphatic carbocycles. The average molecular weight is 1730 g/mol. The quantitative estimate of drug-likeness (QED) is 0.0169.